The predicted octanol–water partition coefficient (Wildman–Crippen LogP) is 4.70. The van der Waals surface area contributed by atoms with Crippen LogP contribution in [-0.2, 0) is 5.41 Å². The Kier molecular flexibility index (Phi) is 2.87. The van der Waals surface area contributed by atoms with Gasteiger partial charge in [-0.05, 0) is 84.2 Å². The fourth-order valence-corrected chi connectivity index (χ4v) is 6.47. The number of hydrogen-bond donors (Lipinski definition) is 2. The second-order valence-electron chi connectivity index (χ2n) is 8.33. The zero-order chi connectivity index (χ0) is 16.5. The van der Waals surface area contributed by atoms with E-state index in [2.05, 4.69) is 31.2 Å². The van der Waals surface area contributed by atoms with Crippen molar-refractivity contribution in [2.75, 3.05) is 0 Å². The maximum absolute atomic E-state index is 9.74. The van der Waals surface area contributed by atoms with Crippen LogP contribution in [0.2, 0.25) is 0 Å². The first-order valence-corrected chi connectivity index (χ1v) is 9.19. The summed E-state index contributed by atoms with van der Waals surface area (Å²) in [5.74, 6) is 4.67. The first kappa shape index (κ1) is 14.4. The lowest BCUT2D eigenvalue weighted by molar-refractivity contribution is -0.194. The van der Waals surface area contributed by atoms with Crippen LogP contribution in [0.15, 0.2) is 48.5 Å². The molecule has 2 aromatic carbocycles. The summed E-state index contributed by atoms with van der Waals surface area (Å²) in [6.07, 6.45) is 4.02. The van der Waals surface area contributed by atoms with Crippen LogP contribution < -0.4 is 0 Å². The van der Waals surface area contributed by atoms with Gasteiger partial charge >= 0.3 is 0 Å². The van der Waals surface area contributed by atoms with Crippen LogP contribution in [-0.4, -0.2) is 10.2 Å². The van der Waals surface area contributed by atoms with Crippen molar-refractivity contribution in [1.29, 1.82) is 0 Å². The van der Waals surface area contributed by atoms with E-state index >= 15 is 0 Å². The van der Waals surface area contributed by atoms with Gasteiger partial charge in [0.15, 0.2) is 0 Å². The third-order valence-electron chi connectivity index (χ3n) is 7.25. The molecule has 2 nitrogen and oxygen atoms in total. The molecule has 0 amide bonds. The van der Waals surface area contributed by atoms with Crippen LogP contribution in [0.3, 0.4) is 0 Å². The zero-order valence-corrected chi connectivity index (χ0v) is 14.0. The molecule has 3 aliphatic carbocycles. The van der Waals surface area contributed by atoms with Gasteiger partial charge < -0.3 is 10.2 Å². The molecule has 0 bridgehead atoms. The Balaban J connectivity index is 1.67. The molecule has 5 rings (SSSR count). The molecule has 0 saturated heterocycles. The highest BCUT2D eigenvalue weighted by molar-refractivity contribution is 5.50. The highest BCUT2D eigenvalue weighted by Gasteiger charge is 2.71. The summed E-state index contributed by atoms with van der Waals surface area (Å²) in [5, 5.41) is 19.5. The molecular weight excluding hydrogens is 296 g/mol. The maximum Gasteiger partial charge on any atom is 0.115 e. The van der Waals surface area contributed by atoms with Crippen molar-refractivity contribution < 1.29 is 10.2 Å². The van der Waals surface area contributed by atoms with E-state index < -0.39 is 0 Å². The standard InChI is InChI=1S/C22H24O2/c1-13-10-14-12-20-21(14)19(11-13)22(20,15-2-6-17(23)7-3-15)16-4-8-18(24)9-5-16/h2-9,13-14,19-21,23-24H,10-12H2,1H3. The highest BCUT2D eigenvalue weighted by atomic mass is 16.3. The van der Waals surface area contributed by atoms with Crippen molar-refractivity contribution in [2.24, 2.45) is 29.6 Å². The number of hydrogen-bond acceptors (Lipinski definition) is 2. The average molecular weight is 320 g/mol. The van der Waals surface area contributed by atoms with E-state index in [9.17, 15) is 10.2 Å². The molecule has 0 radical (unpaired) electrons. The van der Waals surface area contributed by atoms with Crippen molar-refractivity contribution in [3.63, 3.8) is 0 Å². The van der Waals surface area contributed by atoms with E-state index in [0.29, 0.717) is 23.3 Å². The quantitative estimate of drug-likeness (QED) is 0.842. The summed E-state index contributed by atoms with van der Waals surface area (Å²) in [5.41, 5.74) is 2.74. The van der Waals surface area contributed by atoms with Crippen LogP contribution in [0.4, 0.5) is 0 Å². The van der Waals surface area contributed by atoms with Gasteiger partial charge in [-0.2, -0.15) is 0 Å². The molecule has 5 unspecified atom stereocenters. The minimum absolute atomic E-state index is 0.0667. The van der Waals surface area contributed by atoms with Crippen LogP contribution in [0, 0.1) is 29.6 Å². The van der Waals surface area contributed by atoms with Gasteiger partial charge in [0.1, 0.15) is 11.5 Å². The Hall–Kier alpha value is -1.96. The van der Waals surface area contributed by atoms with Crippen molar-refractivity contribution in [3.8, 4) is 11.5 Å². The van der Waals surface area contributed by atoms with E-state index in [-0.39, 0.29) is 5.41 Å². The molecule has 2 aromatic rings. The van der Waals surface area contributed by atoms with Gasteiger partial charge in [-0.25, -0.2) is 0 Å². The second kappa shape index (κ2) is 4.78. The van der Waals surface area contributed by atoms with Crippen molar-refractivity contribution >= 4 is 0 Å². The summed E-state index contributed by atoms with van der Waals surface area (Å²) in [6, 6.07) is 15.8. The summed E-state index contributed by atoms with van der Waals surface area (Å²) in [7, 11) is 0. The Morgan fingerprint density at radius 1 is 0.750 bits per heavy atom. The summed E-state index contributed by atoms with van der Waals surface area (Å²) >= 11 is 0. The number of phenols is 2. The fraction of sp³-hybridized carbons (Fsp3) is 0.455. The molecule has 0 heterocycles. The zero-order valence-electron chi connectivity index (χ0n) is 14.0. The molecule has 5 atom stereocenters. The van der Waals surface area contributed by atoms with Crippen LogP contribution in [0.25, 0.3) is 0 Å². The van der Waals surface area contributed by atoms with Crippen molar-refractivity contribution in [1.82, 2.24) is 0 Å². The van der Waals surface area contributed by atoms with Gasteiger partial charge in [0.25, 0.3) is 0 Å². The normalized spacial score (nSPS) is 35.5. The van der Waals surface area contributed by atoms with E-state index in [1.54, 1.807) is 0 Å². The predicted molar refractivity (Wildman–Crippen MR) is 94.0 cm³/mol. The molecule has 3 aliphatic rings. The molecule has 24 heavy (non-hydrogen) atoms. The lowest BCUT2D eigenvalue weighted by atomic mass is 9.29. The van der Waals surface area contributed by atoms with Crippen LogP contribution in [0.5, 0.6) is 11.5 Å². The minimum atomic E-state index is 0.0667. The topological polar surface area (TPSA) is 40.5 Å². The third-order valence-corrected chi connectivity index (χ3v) is 7.25. The molecule has 3 saturated carbocycles. The van der Waals surface area contributed by atoms with E-state index in [4.69, 9.17) is 0 Å². The number of phenolic OH excluding ortho intramolecular Hbond substituents is 2. The van der Waals surface area contributed by atoms with Gasteiger partial charge in [-0.1, -0.05) is 31.2 Å². The smallest absolute Gasteiger partial charge is 0.115 e. The largest absolute Gasteiger partial charge is 0.508 e. The molecule has 3 fully saturated rings. The highest BCUT2D eigenvalue weighted by Crippen LogP contribution is 2.75. The lowest BCUT2D eigenvalue weighted by Gasteiger charge is -2.74. The van der Waals surface area contributed by atoms with Gasteiger partial charge in [-0.3, -0.25) is 0 Å². The summed E-state index contributed by atoms with van der Waals surface area (Å²) in [6.45, 7) is 2.40. The van der Waals surface area contributed by atoms with Crippen LogP contribution in [0.1, 0.15) is 37.3 Å². The van der Waals surface area contributed by atoms with Gasteiger partial charge in [0.05, 0.1) is 0 Å². The van der Waals surface area contributed by atoms with E-state index in [0.717, 1.165) is 17.8 Å². The monoisotopic (exact) mass is 320 g/mol. The summed E-state index contributed by atoms with van der Waals surface area (Å²) in [4.78, 5) is 0. The molecular formula is C22H24O2. The Bertz CT molecular complexity index is 716. The van der Waals surface area contributed by atoms with Crippen LogP contribution >= 0.6 is 0 Å². The molecule has 0 aliphatic heterocycles. The average Bonchev–Trinajstić information content (AvgIpc) is 2.54. The minimum Gasteiger partial charge on any atom is -0.508 e. The number of aromatic hydroxyl groups is 2. The van der Waals surface area contributed by atoms with Crippen molar-refractivity contribution in [3.05, 3.63) is 59.7 Å². The van der Waals surface area contributed by atoms with Crippen molar-refractivity contribution in [2.45, 2.75) is 31.6 Å². The Morgan fingerprint density at radius 3 is 1.79 bits per heavy atom. The number of rotatable bonds is 2. The Morgan fingerprint density at radius 2 is 1.25 bits per heavy atom. The van der Waals surface area contributed by atoms with E-state index in [1.807, 2.05) is 24.3 Å². The summed E-state index contributed by atoms with van der Waals surface area (Å²) < 4.78 is 0. The molecule has 2 heteroatoms. The maximum atomic E-state index is 9.74. The van der Waals surface area contributed by atoms with Gasteiger partial charge in [0.2, 0.25) is 0 Å². The molecule has 0 aromatic heterocycles. The second-order valence-corrected chi connectivity index (χ2v) is 8.33. The number of benzene rings is 2. The third kappa shape index (κ3) is 1.67. The van der Waals surface area contributed by atoms with Gasteiger partial charge in [0, 0.05) is 5.41 Å². The van der Waals surface area contributed by atoms with Gasteiger partial charge in [-0.15, -0.1) is 0 Å². The van der Waals surface area contributed by atoms with E-state index in [1.165, 1.54) is 30.4 Å². The SMILES string of the molecule is CC1CC2CC3C2C(C1)C3(c1ccc(O)cc1)c1ccc(O)cc1. The fourth-order valence-electron chi connectivity index (χ4n) is 6.47. The Labute approximate surface area is 143 Å². The first-order chi connectivity index (χ1) is 11.6. The molecule has 124 valence electrons. The molecule has 2 N–H and O–H groups in total. The lowest BCUT2D eigenvalue weighted by Crippen LogP contribution is -2.70. The first-order valence-electron chi connectivity index (χ1n) is 9.19. The molecule has 0 spiro atoms.